The Bertz CT molecular complexity index is 4150. The second kappa shape index (κ2) is 51.8. The molecule has 0 saturated carbocycles. The van der Waals surface area contributed by atoms with Crippen LogP contribution in [0.1, 0.15) is 54.9 Å². The van der Waals surface area contributed by atoms with Crippen molar-refractivity contribution in [1.82, 2.24) is 31.9 Å². The maximum absolute atomic E-state index is 13.6. The van der Waals surface area contributed by atoms with Crippen molar-refractivity contribution in [2.75, 3.05) is 66.1 Å². The highest BCUT2D eigenvalue weighted by molar-refractivity contribution is 5.77. The van der Waals surface area contributed by atoms with Crippen LogP contribution in [0, 0.1) is 0 Å². The number of rotatable bonds is 39. The summed E-state index contributed by atoms with van der Waals surface area (Å²) >= 11 is 0. The molecule has 0 radical (unpaired) electrons. The fourth-order valence-electron chi connectivity index (χ4n) is 18.9. The lowest BCUT2D eigenvalue weighted by Gasteiger charge is -2.53. The van der Waals surface area contributed by atoms with Gasteiger partial charge in [-0.05, 0) is 6.92 Å². The summed E-state index contributed by atoms with van der Waals surface area (Å²) in [4.78, 5) is 91.9. The highest BCUT2D eigenvalue weighted by Gasteiger charge is 2.66. The molecule has 11 heterocycles. The molecule has 836 valence electrons. The van der Waals surface area contributed by atoms with Gasteiger partial charge in [0.1, 0.15) is 256 Å². The van der Waals surface area contributed by atoms with Gasteiger partial charge in [0.05, 0.1) is 84.3 Å². The van der Waals surface area contributed by atoms with Crippen LogP contribution >= 0.6 is 0 Å². The number of carboxylic acid groups (broad SMARTS) is 1. The molecule has 0 unspecified atom stereocenters. The molecule has 0 aromatic carbocycles. The molecule has 145 heavy (non-hydrogen) atoms. The van der Waals surface area contributed by atoms with E-state index in [0.717, 1.165) is 41.5 Å². The molecule has 11 rings (SSSR count). The van der Waals surface area contributed by atoms with E-state index < -0.39 is 457 Å². The summed E-state index contributed by atoms with van der Waals surface area (Å²) < 4.78 is 129. The second-order valence-electron chi connectivity index (χ2n) is 36.7. The van der Waals surface area contributed by atoms with Crippen LogP contribution in [0.25, 0.3) is 0 Å². The molecule has 0 aromatic heterocycles. The predicted molar refractivity (Wildman–Crippen MR) is 448 cm³/mol. The van der Waals surface area contributed by atoms with Gasteiger partial charge in [0, 0.05) is 48.0 Å². The summed E-state index contributed by atoms with van der Waals surface area (Å²) in [5.41, 5.74) is 0. The van der Waals surface area contributed by atoms with E-state index in [4.69, 9.17) is 99.5 Å². The number of amides is 6. The van der Waals surface area contributed by atoms with Crippen LogP contribution in [0.5, 0.6) is 0 Å². The van der Waals surface area contributed by atoms with Crippen molar-refractivity contribution in [2.24, 2.45) is 0 Å². The number of aliphatic hydroxyl groups is 29. The largest absolute Gasteiger partial charge is 0.477 e. The standard InChI is InChI=1S/C81H134N6O58/c1-19-43(105)54(116)57(119)75(126-19)140-65-42(87-25(7)102)70(122)127-35(17-96)62(65)138-73-40(85-23(5)100)52(114)61(33(15-94)133-73)137-77-59(121)67(63(139-71-38(83-21(3)98)50(112)45(107)28(10-89)128-71)36(135-77)18-125-78-68(55(117)47(109)30(12-91)131-78)142-72-39(84-22(4)99)51(113)46(108)29(11-90)129-72)141-79-69(56(118)48(110)31(13-92)132-79)143-74-41(86-24(6)101)53(115)60(34(16-95)134-74)136-76-58(120)66(49(111)32(14-93)130-76)145-81(80(123)124)8-26(103)37(82-20(2)97)64(144-81)44(106)27(104)9-88/h19,26-79,88-96,103-122H,8-18H2,1-7H3,(H,82,97)(H,83,98)(H,84,99)(H,85,100)(H,86,101)(H,87,102)(H,123,124)/t19-,26-,27+,28+,29+,30+,31+,32+,33+,34+,35+,36+,37+,38+,39+,40+,41+,42+,43+,44+,45+,46+,47+,48+,49-,50+,51+,52+,53+,54+,55-,56-,57-,58+,59-,60+,61+,62+,63+,64+,65+,66-,67+,68-,69-,70+,71-,72-,73-,74-,75-,76-,77-,78-,79+,81-/m0/s1. The third-order valence-corrected chi connectivity index (χ3v) is 26.3. The van der Waals surface area contributed by atoms with Crippen LogP contribution in [-0.4, -0.2) is 604 Å². The summed E-state index contributed by atoms with van der Waals surface area (Å²) in [6, 6.07) is -12.0. The van der Waals surface area contributed by atoms with Crippen LogP contribution < -0.4 is 31.9 Å². The van der Waals surface area contributed by atoms with E-state index >= 15 is 0 Å². The Labute approximate surface area is 821 Å². The quantitative estimate of drug-likeness (QED) is 0.0272. The lowest BCUT2D eigenvalue weighted by molar-refractivity contribution is -0.410. The normalized spacial score (nSPS) is 47.2. The van der Waals surface area contributed by atoms with E-state index in [0.29, 0.717) is 0 Å². The molecule has 0 bridgehead atoms. The average molecular weight is 2120 g/mol. The fourth-order valence-corrected chi connectivity index (χ4v) is 18.9. The zero-order valence-corrected chi connectivity index (χ0v) is 78.4. The molecule has 0 aliphatic carbocycles. The smallest absolute Gasteiger partial charge is 0.364 e. The Morgan fingerprint density at radius 2 is 0.614 bits per heavy atom. The Kier molecular flexibility index (Phi) is 42.7. The third-order valence-electron chi connectivity index (χ3n) is 26.3. The van der Waals surface area contributed by atoms with Crippen LogP contribution in [0.15, 0.2) is 0 Å². The van der Waals surface area contributed by atoms with E-state index in [9.17, 15) is 187 Å². The number of aliphatic hydroxyl groups excluding tert-OH is 29. The van der Waals surface area contributed by atoms with Gasteiger partial charge in [-0.15, -0.1) is 0 Å². The van der Waals surface area contributed by atoms with Crippen molar-refractivity contribution >= 4 is 41.4 Å². The minimum atomic E-state index is -3.38. The molecule has 11 aliphatic heterocycles. The summed E-state index contributed by atoms with van der Waals surface area (Å²) in [5, 5.41) is 356. The van der Waals surface area contributed by atoms with Crippen LogP contribution in [0.4, 0.5) is 0 Å². The summed E-state index contributed by atoms with van der Waals surface area (Å²) in [5.74, 6) is -11.6. The average Bonchev–Trinajstić information content (AvgIpc) is 0.749. The molecule has 36 N–H and O–H groups in total. The zero-order valence-electron chi connectivity index (χ0n) is 78.4. The van der Waals surface area contributed by atoms with Gasteiger partial charge < -0.3 is 285 Å². The highest BCUT2D eigenvalue weighted by atomic mass is 16.8. The number of hydrogen-bond donors (Lipinski definition) is 36. The molecule has 11 aliphatic rings. The molecule has 56 atom stereocenters. The van der Waals surface area contributed by atoms with Crippen molar-refractivity contribution in [2.45, 2.75) is 398 Å². The SMILES string of the molecule is CC(=O)N[C@@H]1[C@@H](O[C@@H]2O[C@@H](C)[C@@H](O)[C@@H](O)[C@@H]2O)[C@H](O[C@@H]2O[C@H](CO)[C@@H](O[C@@H]3O[C@H](CO[C@H]4O[C@H](CO)[C@@H](O)[C@H](O)[C@@H]4O[C@@H]4O[C@H](CO)[C@@H](O)[C@H](O)[C@H]4NC(C)=O)[C@@H](O[C@@H]4O[C@H](CO)[C@@H](O)[C@H](O)[C@H]4NC(C)=O)[C@H](O[C@H]4O[C@H](CO)[C@@H](O)[C@H](O)[C@@H]4O[C@@H]4O[C@H](CO)[C@@H](O[C@@H]5O[C@H](CO)[C@H](O)[C@H](O[C@]6(C(=O)O)C[C@H](O)[C@@H](NC(C)=O)[C@H]([C@H](O)[C@H](O)CO)O6)[C@H]5O)[C@H](O)[C@H]4NC(C)=O)[C@@H]3O)[C@H](O)[C@H]2NC(C)=O)[C@@H](CO)O[C@H]1O. The van der Waals surface area contributed by atoms with Crippen molar-refractivity contribution in [3.63, 3.8) is 0 Å². The van der Waals surface area contributed by atoms with Crippen molar-refractivity contribution in [3.8, 4) is 0 Å². The molecule has 11 fully saturated rings. The van der Waals surface area contributed by atoms with Crippen molar-refractivity contribution < 1.29 is 286 Å². The number of nitrogens with one attached hydrogen (secondary N) is 6. The maximum Gasteiger partial charge on any atom is 0.364 e. The molecule has 11 saturated heterocycles. The van der Waals surface area contributed by atoms with Gasteiger partial charge in [0.15, 0.2) is 62.9 Å². The second-order valence-corrected chi connectivity index (χ2v) is 36.7. The molecule has 64 nitrogen and oxygen atoms in total. The summed E-state index contributed by atoms with van der Waals surface area (Å²) in [6.07, 6.45) is -112. The Hall–Kier alpha value is -5.71. The first kappa shape index (κ1) is 120. The predicted octanol–water partition coefficient (Wildman–Crippen LogP) is -23.9. The molecule has 6 amide bonds. The lowest BCUT2D eigenvalue weighted by atomic mass is 9.88. The lowest BCUT2D eigenvalue weighted by Crippen LogP contribution is -2.72. The zero-order chi connectivity index (χ0) is 107. The number of hydrogen-bond acceptors (Lipinski definition) is 57. The van der Waals surface area contributed by atoms with Crippen molar-refractivity contribution in [3.05, 3.63) is 0 Å². The van der Waals surface area contributed by atoms with Gasteiger partial charge in [0.25, 0.3) is 5.79 Å². The number of carbonyl (C=O) groups is 7. The van der Waals surface area contributed by atoms with E-state index in [2.05, 4.69) is 31.9 Å². The van der Waals surface area contributed by atoms with E-state index in [1.165, 1.54) is 6.92 Å². The number of carbonyl (C=O) groups excluding carboxylic acids is 6. The van der Waals surface area contributed by atoms with Gasteiger partial charge in [-0.25, -0.2) is 4.79 Å². The molecule has 64 heteroatoms. The van der Waals surface area contributed by atoms with Gasteiger partial charge >= 0.3 is 5.97 Å². The van der Waals surface area contributed by atoms with Gasteiger partial charge in [-0.2, -0.15) is 0 Å². The van der Waals surface area contributed by atoms with Crippen LogP contribution in [0.3, 0.4) is 0 Å². The number of carboxylic acids is 1. The van der Waals surface area contributed by atoms with Gasteiger partial charge in [-0.1, -0.05) is 0 Å². The van der Waals surface area contributed by atoms with Gasteiger partial charge in [-0.3, -0.25) is 28.8 Å². The first-order valence-corrected chi connectivity index (χ1v) is 46.1. The minimum absolute atomic E-state index is 0.819. The van der Waals surface area contributed by atoms with E-state index in [-0.39, 0.29) is 0 Å². The summed E-state index contributed by atoms with van der Waals surface area (Å²) in [6.45, 7) is -6.12. The molecular weight excluding hydrogens is 1980 g/mol. The fraction of sp³-hybridized carbons (Fsp3) is 0.914. The van der Waals surface area contributed by atoms with Crippen LogP contribution in [-0.2, 0) is 133 Å². The highest BCUT2D eigenvalue weighted by Crippen LogP contribution is 2.44. The van der Waals surface area contributed by atoms with Gasteiger partial charge in [0.2, 0.25) is 35.4 Å². The van der Waals surface area contributed by atoms with Crippen LogP contribution in [0.2, 0.25) is 0 Å². The molecule has 0 spiro atoms. The monoisotopic (exact) mass is 2120 g/mol. The maximum atomic E-state index is 13.6. The number of ether oxygens (including phenoxy) is 21. The number of aliphatic carboxylic acids is 1. The topological polar surface area (TPSA) is 992 Å². The first-order chi connectivity index (χ1) is 68.4. The minimum Gasteiger partial charge on any atom is -0.477 e. The Morgan fingerprint density at radius 1 is 0.297 bits per heavy atom. The van der Waals surface area contributed by atoms with E-state index in [1.807, 2.05) is 0 Å². The van der Waals surface area contributed by atoms with Crippen molar-refractivity contribution in [1.29, 1.82) is 0 Å². The first-order valence-electron chi connectivity index (χ1n) is 46.1. The Balaban J connectivity index is 1.01. The molecule has 0 aromatic rings. The molecular formula is C81H134N6O58. The summed E-state index contributed by atoms with van der Waals surface area (Å²) in [7, 11) is 0. The van der Waals surface area contributed by atoms with E-state index in [1.54, 1.807) is 0 Å². The third kappa shape index (κ3) is 26.7. The Morgan fingerprint density at radius 3 is 1.03 bits per heavy atom.